The number of carbonyl (C=O) groups excluding carboxylic acids is 1. The molecule has 1 aromatic heterocycles. The Bertz CT molecular complexity index is 1160. The van der Waals surface area contributed by atoms with Crippen LogP contribution in [-0.2, 0) is 17.8 Å². The van der Waals surface area contributed by atoms with Crippen molar-refractivity contribution in [2.45, 2.75) is 13.1 Å². The maximum absolute atomic E-state index is 13.5. The molecule has 7 heteroatoms. The minimum absolute atomic E-state index is 0.0221. The molecule has 2 aliphatic heterocycles. The summed E-state index contributed by atoms with van der Waals surface area (Å²) < 4.78 is 16.8. The smallest absolute Gasteiger partial charge is 0.255 e. The van der Waals surface area contributed by atoms with Crippen LogP contribution in [0.3, 0.4) is 0 Å². The Morgan fingerprint density at radius 3 is 2.48 bits per heavy atom. The van der Waals surface area contributed by atoms with Crippen molar-refractivity contribution < 1.29 is 19.0 Å². The molecule has 0 atom stereocenters. The largest absolute Gasteiger partial charge is 0.493 e. The summed E-state index contributed by atoms with van der Waals surface area (Å²) in [4.78, 5) is 22.6. The summed E-state index contributed by atoms with van der Waals surface area (Å²) in [6, 6.07) is 17.7. The Balaban J connectivity index is 1.62. The molecule has 0 N–H and O–H groups in total. The molecule has 7 nitrogen and oxygen atoms in total. The van der Waals surface area contributed by atoms with Crippen molar-refractivity contribution in [3.8, 4) is 22.8 Å². The SMILES string of the molecule is COc1cccc(-c2nc(N3CCOCC3)cc3c2CN(Cc2ccccc2)C3=O)c1OC. The van der Waals surface area contributed by atoms with E-state index in [4.69, 9.17) is 19.2 Å². The summed E-state index contributed by atoms with van der Waals surface area (Å²) in [6.07, 6.45) is 0. The highest BCUT2D eigenvalue weighted by Crippen LogP contribution is 2.42. The second-order valence-corrected chi connectivity index (χ2v) is 8.14. The number of ether oxygens (including phenoxy) is 3. The molecule has 1 fully saturated rings. The van der Waals surface area contributed by atoms with Crippen LogP contribution in [0.5, 0.6) is 11.5 Å². The summed E-state index contributed by atoms with van der Waals surface area (Å²) in [5.41, 5.74) is 4.29. The topological polar surface area (TPSA) is 64.1 Å². The number of para-hydroxylation sites is 1. The van der Waals surface area contributed by atoms with Gasteiger partial charge in [-0.2, -0.15) is 0 Å². The highest BCUT2D eigenvalue weighted by molar-refractivity contribution is 6.01. The third-order valence-corrected chi connectivity index (χ3v) is 6.19. The summed E-state index contributed by atoms with van der Waals surface area (Å²) in [5.74, 6) is 2.05. The van der Waals surface area contributed by atoms with E-state index >= 15 is 0 Å². The van der Waals surface area contributed by atoms with Gasteiger partial charge < -0.3 is 24.0 Å². The number of amides is 1. The van der Waals surface area contributed by atoms with Gasteiger partial charge in [0.1, 0.15) is 5.82 Å². The maximum Gasteiger partial charge on any atom is 0.255 e. The Hall–Kier alpha value is -3.58. The van der Waals surface area contributed by atoms with E-state index in [2.05, 4.69) is 4.90 Å². The highest BCUT2D eigenvalue weighted by atomic mass is 16.5. The zero-order valence-corrected chi connectivity index (χ0v) is 18.9. The van der Waals surface area contributed by atoms with E-state index in [1.807, 2.05) is 59.5 Å². The van der Waals surface area contributed by atoms with Gasteiger partial charge in [0.05, 0.1) is 38.7 Å². The van der Waals surface area contributed by atoms with Gasteiger partial charge in [-0.15, -0.1) is 0 Å². The van der Waals surface area contributed by atoms with Crippen molar-refractivity contribution in [2.24, 2.45) is 0 Å². The van der Waals surface area contributed by atoms with Crippen molar-refractivity contribution >= 4 is 11.7 Å². The lowest BCUT2D eigenvalue weighted by Crippen LogP contribution is -2.37. The van der Waals surface area contributed by atoms with Crippen molar-refractivity contribution in [1.29, 1.82) is 0 Å². The molecule has 0 saturated carbocycles. The monoisotopic (exact) mass is 445 g/mol. The number of anilines is 1. The molecule has 3 heterocycles. The first kappa shape index (κ1) is 21.3. The standard InChI is InChI=1S/C26H27N3O4/c1-31-22-10-6-9-19(25(22)32-2)24-21-17-29(16-18-7-4-3-5-8-18)26(30)20(21)15-23(27-24)28-11-13-33-14-12-28/h3-10,15H,11-14,16-17H2,1-2H3. The first-order chi connectivity index (χ1) is 16.2. The van der Waals surface area contributed by atoms with Crippen molar-refractivity contribution in [2.75, 3.05) is 45.4 Å². The number of rotatable bonds is 6. The van der Waals surface area contributed by atoms with E-state index in [1.54, 1.807) is 14.2 Å². The Kier molecular flexibility index (Phi) is 5.88. The average Bonchev–Trinajstić information content (AvgIpc) is 3.19. The molecule has 0 spiro atoms. The predicted octanol–water partition coefficient (Wildman–Crippen LogP) is 3.76. The predicted molar refractivity (Wildman–Crippen MR) is 126 cm³/mol. The number of aromatic nitrogens is 1. The molecule has 0 bridgehead atoms. The number of methoxy groups -OCH3 is 2. The van der Waals surface area contributed by atoms with Crippen LogP contribution in [0.1, 0.15) is 21.5 Å². The number of nitrogens with zero attached hydrogens (tertiary/aromatic N) is 3. The summed E-state index contributed by atoms with van der Waals surface area (Å²) in [7, 11) is 3.25. The fraction of sp³-hybridized carbons (Fsp3) is 0.308. The van der Waals surface area contributed by atoms with Crippen LogP contribution in [0.15, 0.2) is 54.6 Å². The molecule has 1 saturated heterocycles. The van der Waals surface area contributed by atoms with E-state index in [9.17, 15) is 4.79 Å². The van der Waals surface area contributed by atoms with Gasteiger partial charge >= 0.3 is 0 Å². The number of benzene rings is 2. The Labute approximate surface area is 193 Å². The highest BCUT2D eigenvalue weighted by Gasteiger charge is 2.33. The lowest BCUT2D eigenvalue weighted by Gasteiger charge is -2.28. The molecule has 3 aromatic rings. The first-order valence-electron chi connectivity index (χ1n) is 11.1. The molecular weight excluding hydrogens is 418 g/mol. The second kappa shape index (κ2) is 9.11. The van der Waals surface area contributed by atoms with Gasteiger partial charge in [-0.25, -0.2) is 4.98 Å². The normalized spacial score (nSPS) is 15.5. The number of carbonyl (C=O) groups is 1. The van der Waals surface area contributed by atoms with Crippen LogP contribution >= 0.6 is 0 Å². The number of morpholine rings is 1. The van der Waals surface area contributed by atoms with Crippen LogP contribution < -0.4 is 14.4 Å². The number of hydrogen-bond donors (Lipinski definition) is 0. The van der Waals surface area contributed by atoms with Gasteiger partial charge in [-0.3, -0.25) is 4.79 Å². The van der Waals surface area contributed by atoms with E-state index in [0.717, 1.165) is 41.3 Å². The molecule has 1 amide bonds. The van der Waals surface area contributed by atoms with Crippen LogP contribution in [0, 0.1) is 0 Å². The minimum atomic E-state index is 0.0221. The quantitative estimate of drug-likeness (QED) is 0.576. The van der Waals surface area contributed by atoms with Crippen molar-refractivity contribution in [3.05, 3.63) is 71.3 Å². The molecule has 2 aliphatic rings. The third-order valence-electron chi connectivity index (χ3n) is 6.19. The summed E-state index contributed by atoms with van der Waals surface area (Å²) in [5, 5.41) is 0. The fourth-order valence-corrected chi connectivity index (χ4v) is 4.52. The molecular formula is C26H27N3O4. The number of fused-ring (bicyclic) bond motifs is 1. The van der Waals surface area contributed by atoms with Crippen LogP contribution in [-0.4, -0.2) is 56.3 Å². The Morgan fingerprint density at radius 2 is 1.76 bits per heavy atom. The average molecular weight is 446 g/mol. The number of pyridine rings is 1. The molecule has 170 valence electrons. The molecule has 33 heavy (non-hydrogen) atoms. The Morgan fingerprint density at radius 1 is 0.970 bits per heavy atom. The lowest BCUT2D eigenvalue weighted by atomic mass is 10.0. The zero-order chi connectivity index (χ0) is 22.8. The van der Waals surface area contributed by atoms with E-state index < -0.39 is 0 Å². The molecule has 0 aliphatic carbocycles. The van der Waals surface area contributed by atoms with E-state index in [-0.39, 0.29) is 5.91 Å². The van der Waals surface area contributed by atoms with Gasteiger partial charge in [0.2, 0.25) is 0 Å². The van der Waals surface area contributed by atoms with Gasteiger partial charge in [0.15, 0.2) is 11.5 Å². The van der Waals surface area contributed by atoms with E-state index in [0.29, 0.717) is 43.4 Å². The van der Waals surface area contributed by atoms with E-state index in [1.165, 1.54) is 0 Å². The van der Waals surface area contributed by atoms with Gasteiger partial charge in [0, 0.05) is 37.3 Å². The molecule has 0 radical (unpaired) electrons. The summed E-state index contributed by atoms with van der Waals surface area (Å²) >= 11 is 0. The second-order valence-electron chi connectivity index (χ2n) is 8.14. The fourth-order valence-electron chi connectivity index (χ4n) is 4.52. The maximum atomic E-state index is 13.5. The molecule has 5 rings (SSSR count). The lowest BCUT2D eigenvalue weighted by molar-refractivity contribution is 0.0767. The van der Waals surface area contributed by atoms with Gasteiger partial charge in [-0.05, 0) is 23.8 Å². The first-order valence-corrected chi connectivity index (χ1v) is 11.1. The number of hydrogen-bond acceptors (Lipinski definition) is 6. The van der Waals surface area contributed by atoms with Crippen LogP contribution in [0.25, 0.3) is 11.3 Å². The molecule has 2 aromatic carbocycles. The molecule has 0 unspecified atom stereocenters. The van der Waals surface area contributed by atoms with Crippen molar-refractivity contribution in [1.82, 2.24) is 9.88 Å². The van der Waals surface area contributed by atoms with Crippen molar-refractivity contribution in [3.63, 3.8) is 0 Å². The van der Waals surface area contributed by atoms with Gasteiger partial charge in [0.25, 0.3) is 5.91 Å². The summed E-state index contributed by atoms with van der Waals surface area (Å²) in [6.45, 7) is 3.81. The minimum Gasteiger partial charge on any atom is -0.493 e. The van der Waals surface area contributed by atoms with Gasteiger partial charge in [-0.1, -0.05) is 36.4 Å². The zero-order valence-electron chi connectivity index (χ0n) is 18.9. The third kappa shape index (κ3) is 4.00. The van der Waals surface area contributed by atoms with Crippen LogP contribution in [0.2, 0.25) is 0 Å². The van der Waals surface area contributed by atoms with Crippen LogP contribution in [0.4, 0.5) is 5.82 Å².